The van der Waals surface area contributed by atoms with Gasteiger partial charge in [-0.2, -0.15) is 0 Å². The number of nitrogen functional groups attached to an aromatic ring is 1. The first kappa shape index (κ1) is 25.1. The number of likely N-dealkylation sites (N-methyl/N-ethyl adjacent to an activating group) is 1. The number of aromatic nitrogens is 1. The van der Waals surface area contributed by atoms with Crippen molar-refractivity contribution in [1.29, 1.82) is 0 Å². The standard InChI is InChI=1S/C23H31FN4O4/c1-14(21(29)30)28(5)11-9-19(27-22(31)32-23(2,3)4)20-12-15(8-10-26-20)17-13-16(24)6-7-18(17)25/h6-8,10,12-14,19H,9,11,25H2,1-5H3,(H,27,31)(H,29,30). The van der Waals surface area contributed by atoms with Gasteiger partial charge in [0, 0.05) is 24.0 Å². The van der Waals surface area contributed by atoms with E-state index >= 15 is 0 Å². The quantitative estimate of drug-likeness (QED) is 0.528. The molecule has 2 rings (SSSR count). The molecule has 0 aliphatic heterocycles. The molecule has 0 bridgehead atoms. The van der Waals surface area contributed by atoms with E-state index in [9.17, 15) is 19.1 Å². The number of nitrogens with zero attached hydrogens (tertiary/aromatic N) is 2. The Morgan fingerprint density at radius 1 is 1.28 bits per heavy atom. The molecule has 0 saturated carbocycles. The van der Waals surface area contributed by atoms with Crippen LogP contribution in [0.3, 0.4) is 0 Å². The predicted molar refractivity (Wildman–Crippen MR) is 120 cm³/mol. The number of pyridine rings is 1. The van der Waals surface area contributed by atoms with Crippen LogP contribution in [0, 0.1) is 5.82 Å². The van der Waals surface area contributed by atoms with Gasteiger partial charge in [-0.25, -0.2) is 9.18 Å². The summed E-state index contributed by atoms with van der Waals surface area (Å²) in [7, 11) is 1.70. The Morgan fingerprint density at radius 3 is 2.59 bits per heavy atom. The van der Waals surface area contributed by atoms with Gasteiger partial charge in [-0.1, -0.05) is 0 Å². The number of carbonyl (C=O) groups is 2. The van der Waals surface area contributed by atoms with Crippen molar-refractivity contribution in [2.24, 2.45) is 0 Å². The van der Waals surface area contributed by atoms with E-state index in [2.05, 4.69) is 10.3 Å². The molecule has 2 unspecified atom stereocenters. The highest BCUT2D eigenvalue weighted by Gasteiger charge is 2.24. The number of nitrogens with one attached hydrogen (secondary N) is 1. The lowest BCUT2D eigenvalue weighted by Crippen LogP contribution is -2.39. The number of hydrogen-bond donors (Lipinski definition) is 3. The smallest absolute Gasteiger partial charge is 0.408 e. The van der Waals surface area contributed by atoms with Gasteiger partial charge >= 0.3 is 12.1 Å². The molecule has 2 atom stereocenters. The van der Waals surface area contributed by atoms with Crippen LogP contribution in [-0.2, 0) is 9.53 Å². The Bertz CT molecular complexity index is 961. The van der Waals surface area contributed by atoms with Crippen molar-refractivity contribution in [2.75, 3.05) is 19.3 Å². The lowest BCUT2D eigenvalue weighted by atomic mass is 10.0. The number of anilines is 1. The number of carboxylic acids is 1. The van der Waals surface area contributed by atoms with Crippen LogP contribution in [0.4, 0.5) is 14.9 Å². The lowest BCUT2D eigenvalue weighted by molar-refractivity contribution is -0.142. The first-order valence-corrected chi connectivity index (χ1v) is 10.3. The molecule has 1 aromatic carbocycles. The van der Waals surface area contributed by atoms with E-state index in [1.54, 1.807) is 58.0 Å². The van der Waals surface area contributed by atoms with Gasteiger partial charge in [0.25, 0.3) is 0 Å². The third kappa shape index (κ3) is 7.19. The summed E-state index contributed by atoms with van der Waals surface area (Å²) in [5, 5.41) is 12.0. The van der Waals surface area contributed by atoms with Gasteiger partial charge in [0.2, 0.25) is 0 Å². The number of hydrogen-bond acceptors (Lipinski definition) is 6. The fraction of sp³-hybridized carbons (Fsp3) is 0.435. The summed E-state index contributed by atoms with van der Waals surface area (Å²) in [6.07, 6.45) is 1.32. The summed E-state index contributed by atoms with van der Waals surface area (Å²) in [4.78, 5) is 29.8. The van der Waals surface area contributed by atoms with Crippen molar-refractivity contribution in [1.82, 2.24) is 15.2 Å². The van der Waals surface area contributed by atoms with Crippen molar-refractivity contribution < 1.29 is 23.8 Å². The lowest BCUT2D eigenvalue weighted by Gasteiger charge is -2.26. The van der Waals surface area contributed by atoms with Crippen molar-refractivity contribution >= 4 is 17.7 Å². The summed E-state index contributed by atoms with van der Waals surface area (Å²) in [5.41, 5.74) is 7.43. The molecule has 1 heterocycles. The van der Waals surface area contributed by atoms with Crippen LogP contribution in [0.5, 0.6) is 0 Å². The summed E-state index contributed by atoms with van der Waals surface area (Å²) in [6.45, 7) is 7.24. The monoisotopic (exact) mass is 446 g/mol. The second-order valence-corrected chi connectivity index (χ2v) is 8.68. The molecule has 1 aromatic heterocycles. The summed E-state index contributed by atoms with van der Waals surface area (Å²) < 4.78 is 19.2. The summed E-state index contributed by atoms with van der Waals surface area (Å²) >= 11 is 0. The first-order chi connectivity index (χ1) is 14.9. The Labute approximate surface area is 187 Å². The van der Waals surface area contributed by atoms with Gasteiger partial charge in [-0.3, -0.25) is 14.7 Å². The average molecular weight is 447 g/mol. The molecule has 0 radical (unpaired) electrons. The second kappa shape index (κ2) is 10.4. The third-order valence-electron chi connectivity index (χ3n) is 4.94. The highest BCUT2D eigenvalue weighted by Crippen LogP contribution is 2.29. The summed E-state index contributed by atoms with van der Waals surface area (Å²) in [6, 6.07) is 6.29. The highest BCUT2D eigenvalue weighted by molar-refractivity contribution is 5.76. The largest absolute Gasteiger partial charge is 0.480 e. The number of carbonyl (C=O) groups excluding carboxylic acids is 1. The maximum atomic E-state index is 13.8. The van der Waals surface area contributed by atoms with E-state index in [0.717, 1.165) is 0 Å². The van der Waals surface area contributed by atoms with E-state index in [4.69, 9.17) is 10.5 Å². The summed E-state index contributed by atoms with van der Waals surface area (Å²) in [5.74, 6) is -1.36. The van der Waals surface area contributed by atoms with Crippen LogP contribution < -0.4 is 11.1 Å². The van der Waals surface area contributed by atoms with Gasteiger partial charge in [0.15, 0.2) is 0 Å². The maximum absolute atomic E-state index is 13.8. The van der Waals surface area contributed by atoms with Crippen molar-refractivity contribution in [2.45, 2.75) is 51.8 Å². The molecule has 1 amide bonds. The predicted octanol–water partition coefficient (Wildman–Crippen LogP) is 3.83. The second-order valence-electron chi connectivity index (χ2n) is 8.68. The zero-order chi connectivity index (χ0) is 24.1. The zero-order valence-corrected chi connectivity index (χ0v) is 19.1. The Balaban J connectivity index is 2.32. The Morgan fingerprint density at radius 2 is 1.97 bits per heavy atom. The number of amides is 1. The van der Waals surface area contributed by atoms with Crippen molar-refractivity contribution in [3.05, 3.63) is 48.0 Å². The maximum Gasteiger partial charge on any atom is 0.408 e. The molecular weight excluding hydrogens is 415 g/mol. The SMILES string of the molecule is CC(C(=O)O)N(C)CCC(NC(=O)OC(C)(C)C)c1cc(-c2cc(F)ccc2N)ccn1. The molecule has 0 aliphatic rings. The molecular formula is C23H31FN4O4. The average Bonchev–Trinajstić information content (AvgIpc) is 2.70. The fourth-order valence-electron chi connectivity index (χ4n) is 3.04. The van der Waals surface area contributed by atoms with Gasteiger partial charge in [-0.15, -0.1) is 0 Å². The molecule has 174 valence electrons. The number of ether oxygens (including phenoxy) is 1. The van der Waals surface area contributed by atoms with Crippen molar-refractivity contribution in [3.8, 4) is 11.1 Å². The number of alkyl carbamates (subject to hydrolysis) is 1. The molecule has 4 N–H and O–H groups in total. The van der Waals surface area contributed by atoms with Crippen molar-refractivity contribution in [3.63, 3.8) is 0 Å². The molecule has 8 nitrogen and oxygen atoms in total. The third-order valence-corrected chi connectivity index (χ3v) is 4.94. The topological polar surface area (TPSA) is 118 Å². The van der Waals surface area contributed by atoms with Gasteiger partial charge in [-0.05, 0) is 77.1 Å². The number of halogens is 1. The minimum Gasteiger partial charge on any atom is -0.480 e. The Kier molecular flexibility index (Phi) is 8.15. The fourth-order valence-corrected chi connectivity index (χ4v) is 3.04. The van der Waals surface area contributed by atoms with E-state index in [-0.39, 0.29) is 0 Å². The minimum atomic E-state index is -0.939. The van der Waals surface area contributed by atoms with Crippen LogP contribution in [0.1, 0.15) is 45.9 Å². The zero-order valence-electron chi connectivity index (χ0n) is 19.1. The molecule has 0 fully saturated rings. The van der Waals surface area contributed by atoms with E-state index in [0.29, 0.717) is 35.5 Å². The Hall–Kier alpha value is -3.20. The van der Waals surface area contributed by atoms with E-state index < -0.39 is 35.6 Å². The van der Waals surface area contributed by atoms with Gasteiger partial charge in [0.05, 0.1) is 11.7 Å². The number of rotatable bonds is 8. The molecule has 32 heavy (non-hydrogen) atoms. The molecule has 0 spiro atoms. The highest BCUT2D eigenvalue weighted by atomic mass is 19.1. The van der Waals surface area contributed by atoms with Crippen LogP contribution in [-0.4, -0.2) is 52.3 Å². The molecule has 0 saturated heterocycles. The number of aliphatic carboxylic acids is 1. The molecule has 9 heteroatoms. The molecule has 0 aliphatic carbocycles. The number of carboxylic acid groups (broad SMARTS) is 1. The van der Waals surface area contributed by atoms with Crippen LogP contribution >= 0.6 is 0 Å². The van der Waals surface area contributed by atoms with Crippen LogP contribution in [0.15, 0.2) is 36.5 Å². The van der Waals surface area contributed by atoms with Crippen LogP contribution in [0.25, 0.3) is 11.1 Å². The number of nitrogens with two attached hydrogens (primary N) is 1. The van der Waals surface area contributed by atoms with Gasteiger partial charge < -0.3 is 20.9 Å². The van der Waals surface area contributed by atoms with Gasteiger partial charge in [0.1, 0.15) is 17.5 Å². The van der Waals surface area contributed by atoms with E-state index in [1.807, 2.05) is 0 Å². The first-order valence-electron chi connectivity index (χ1n) is 10.3. The number of benzene rings is 1. The van der Waals surface area contributed by atoms with Crippen LogP contribution in [0.2, 0.25) is 0 Å². The normalized spacial score (nSPS) is 13.5. The van der Waals surface area contributed by atoms with E-state index in [1.165, 1.54) is 18.2 Å². The molecule has 2 aromatic rings. The minimum absolute atomic E-state index is 0.377.